The lowest BCUT2D eigenvalue weighted by Gasteiger charge is -2.16. The van der Waals surface area contributed by atoms with Crippen molar-refractivity contribution in [1.29, 1.82) is 0 Å². The van der Waals surface area contributed by atoms with Crippen molar-refractivity contribution in [3.63, 3.8) is 0 Å². The number of nitrogens with zero attached hydrogens (tertiary/aromatic N) is 3. The normalized spacial score (nSPS) is 14.4. The lowest BCUT2D eigenvalue weighted by molar-refractivity contribution is -0.111. The van der Waals surface area contributed by atoms with Crippen molar-refractivity contribution in [2.75, 3.05) is 23.3 Å². The fourth-order valence-electron chi connectivity index (χ4n) is 2.45. The topological polar surface area (TPSA) is 58.1 Å². The molecule has 0 unspecified atom stereocenters. The van der Waals surface area contributed by atoms with Crippen LogP contribution >= 0.6 is 0 Å². The number of amides is 1. The van der Waals surface area contributed by atoms with Crippen LogP contribution in [0.2, 0.25) is 0 Å². The Labute approximate surface area is 133 Å². The highest BCUT2D eigenvalue weighted by molar-refractivity contribution is 6.01. The number of rotatable bonds is 4. The first-order valence-corrected chi connectivity index (χ1v) is 7.52. The lowest BCUT2D eigenvalue weighted by atomic mass is 10.2. The summed E-state index contributed by atoms with van der Waals surface area (Å²) in [7, 11) is 0. The summed E-state index contributed by atoms with van der Waals surface area (Å²) in [6, 6.07) is 7.69. The second kappa shape index (κ2) is 7.00. The zero-order valence-corrected chi connectivity index (χ0v) is 12.6. The molecule has 0 radical (unpaired) electrons. The number of anilines is 2. The van der Waals surface area contributed by atoms with Gasteiger partial charge >= 0.3 is 0 Å². The van der Waals surface area contributed by atoms with Gasteiger partial charge in [-0.3, -0.25) is 4.79 Å². The van der Waals surface area contributed by atoms with Gasteiger partial charge in [0, 0.05) is 25.2 Å². The van der Waals surface area contributed by atoms with Crippen LogP contribution in [0.1, 0.15) is 18.4 Å². The molecular formula is C17H17FN4O. The van der Waals surface area contributed by atoms with Gasteiger partial charge in [0.05, 0.1) is 0 Å². The number of carbonyl (C=O) groups excluding carboxylic acids is 1. The molecule has 1 saturated heterocycles. The Morgan fingerprint density at radius 2 is 1.91 bits per heavy atom. The van der Waals surface area contributed by atoms with Gasteiger partial charge in [-0.05, 0) is 36.6 Å². The maximum atomic E-state index is 12.8. The van der Waals surface area contributed by atoms with E-state index in [-0.39, 0.29) is 11.7 Å². The number of halogens is 1. The summed E-state index contributed by atoms with van der Waals surface area (Å²) >= 11 is 0. The minimum absolute atomic E-state index is 0.291. The molecule has 1 N–H and O–H groups in total. The molecular weight excluding hydrogens is 295 g/mol. The number of benzene rings is 1. The van der Waals surface area contributed by atoms with E-state index >= 15 is 0 Å². The number of hydrogen-bond acceptors (Lipinski definition) is 4. The molecule has 0 spiro atoms. The van der Waals surface area contributed by atoms with Gasteiger partial charge in [0.1, 0.15) is 23.8 Å². The quantitative estimate of drug-likeness (QED) is 0.882. The molecule has 23 heavy (non-hydrogen) atoms. The highest BCUT2D eigenvalue weighted by Crippen LogP contribution is 2.19. The number of nitrogens with one attached hydrogen (secondary N) is 1. The van der Waals surface area contributed by atoms with Crippen LogP contribution in [0.5, 0.6) is 0 Å². The van der Waals surface area contributed by atoms with Gasteiger partial charge in [-0.2, -0.15) is 0 Å². The summed E-state index contributed by atoms with van der Waals surface area (Å²) in [6.07, 6.45) is 6.79. The van der Waals surface area contributed by atoms with E-state index in [0.29, 0.717) is 5.82 Å². The SMILES string of the molecule is O=C(/C=C/c1ccc(F)cc1)Nc1cc(N2CCCC2)ncn1. The van der Waals surface area contributed by atoms with Crippen LogP contribution in [0.4, 0.5) is 16.0 Å². The van der Waals surface area contributed by atoms with Crippen molar-refractivity contribution >= 4 is 23.6 Å². The average Bonchev–Trinajstić information content (AvgIpc) is 3.09. The fourth-order valence-corrected chi connectivity index (χ4v) is 2.45. The van der Waals surface area contributed by atoms with Crippen LogP contribution in [-0.4, -0.2) is 29.0 Å². The summed E-state index contributed by atoms with van der Waals surface area (Å²) in [5.41, 5.74) is 0.752. The van der Waals surface area contributed by atoms with Crippen molar-refractivity contribution in [2.45, 2.75) is 12.8 Å². The summed E-state index contributed by atoms with van der Waals surface area (Å²) in [5.74, 6) is 0.702. The third-order valence-corrected chi connectivity index (χ3v) is 3.63. The van der Waals surface area contributed by atoms with Crippen LogP contribution in [0.15, 0.2) is 42.7 Å². The Balaban J connectivity index is 1.63. The Morgan fingerprint density at radius 3 is 2.65 bits per heavy atom. The fraction of sp³-hybridized carbons (Fsp3) is 0.235. The molecule has 2 aromatic rings. The summed E-state index contributed by atoms with van der Waals surface area (Å²) in [6.45, 7) is 1.96. The van der Waals surface area contributed by atoms with Gasteiger partial charge in [0.15, 0.2) is 0 Å². The van der Waals surface area contributed by atoms with Gasteiger partial charge in [-0.15, -0.1) is 0 Å². The predicted molar refractivity (Wildman–Crippen MR) is 87.5 cm³/mol. The van der Waals surface area contributed by atoms with Crippen molar-refractivity contribution in [3.05, 3.63) is 54.1 Å². The van der Waals surface area contributed by atoms with E-state index < -0.39 is 0 Å². The maximum absolute atomic E-state index is 12.8. The Bertz CT molecular complexity index is 709. The van der Waals surface area contributed by atoms with E-state index in [2.05, 4.69) is 20.2 Å². The van der Waals surface area contributed by atoms with Gasteiger partial charge in [-0.25, -0.2) is 14.4 Å². The first-order valence-electron chi connectivity index (χ1n) is 7.52. The zero-order chi connectivity index (χ0) is 16.1. The van der Waals surface area contributed by atoms with Crippen molar-refractivity contribution in [3.8, 4) is 0 Å². The van der Waals surface area contributed by atoms with E-state index in [0.717, 1.165) is 37.3 Å². The molecule has 0 aliphatic carbocycles. The third-order valence-electron chi connectivity index (χ3n) is 3.63. The lowest BCUT2D eigenvalue weighted by Crippen LogP contribution is -2.19. The molecule has 1 fully saturated rings. The maximum Gasteiger partial charge on any atom is 0.249 e. The molecule has 0 saturated carbocycles. The predicted octanol–water partition coefficient (Wildman–Crippen LogP) is 2.87. The van der Waals surface area contributed by atoms with Crippen LogP contribution in [0, 0.1) is 5.82 Å². The summed E-state index contributed by atoms with van der Waals surface area (Å²) in [4.78, 5) is 22.4. The number of aromatic nitrogens is 2. The van der Waals surface area contributed by atoms with E-state index in [1.54, 1.807) is 24.3 Å². The first kappa shape index (κ1) is 15.1. The number of hydrogen-bond donors (Lipinski definition) is 1. The molecule has 1 amide bonds. The third kappa shape index (κ3) is 4.12. The Kier molecular flexibility index (Phi) is 4.61. The molecule has 1 aromatic heterocycles. The van der Waals surface area contributed by atoms with E-state index in [1.165, 1.54) is 24.5 Å². The molecule has 0 bridgehead atoms. The van der Waals surface area contributed by atoms with Crippen LogP contribution in [-0.2, 0) is 4.79 Å². The monoisotopic (exact) mass is 312 g/mol. The standard InChI is InChI=1S/C17H17FN4O/c18-14-6-3-13(4-7-14)5-8-17(23)21-15-11-16(20-12-19-15)22-9-1-2-10-22/h3-8,11-12H,1-2,9-10H2,(H,19,20,21,23)/b8-5+. The van der Waals surface area contributed by atoms with E-state index in [9.17, 15) is 9.18 Å². The van der Waals surface area contributed by atoms with Gasteiger partial charge in [0.2, 0.25) is 5.91 Å². The molecule has 3 rings (SSSR count). The molecule has 2 heterocycles. The summed E-state index contributed by atoms with van der Waals surface area (Å²) < 4.78 is 12.8. The smallest absolute Gasteiger partial charge is 0.249 e. The second-order valence-electron chi connectivity index (χ2n) is 5.33. The Hall–Kier alpha value is -2.76. The summed E-state index contributed by atoms with van der Waals surface area (Å²) in [5, 5.41) is 2.71. The van der Waals surface area contributed by atoms with Crippen molar-refractivity contribution in [1.82, 2.24) is 9.97 Å². The molecule has 118 valence electrons. The zero-order valence-electron chi connectivity index (χ0n) is 12.6. The van der Waals surface area contributed by atoms with Crippen molar-refractivity contribution in [2.24, 2.45) is 0 Å². The molecule has 0 atom stereocenters. The van der Waals surface area contributed by atoms with Crippen molar-refractivity contribution < 1.29 is 9.18 Å². The highest BCUT2D eigenvalue weighted by atomic mass is 19.1. The molecule has 1 aromatic carbocycles. The molecule has 6 heteroatoms. The number of carbonyl (C=O) groups is 1. The average molecular weight is 312 g/mol. The minimum Gasteiger partial charge on any atom is -0.356 e. The molecule has 1 aliphatic heterocycles. The van der Waals surface area contributed by atoms with Crippen LogP contribution < -0.4 is 10.2 Å². The largest absolute Gasteiger partial charge is 0.356 e. The second-order valence-corrected chi connectivity index (χ2v) is 5.33. The van der Waals surface area contributed by atoms with Gasteiger partial charge in [0.25, 0.3) is 0 Å². The molecule has 1 aliphatic rings. The first-order chi connectivity index (χ1) is 11.2. The van der Waals surface area contributed by atoms with Gasteiger partial charge < -0.3 is 10.2 Å². The molecule has 5 nitrogen and oxygen atoms in total. The minimum atomic E-state index is -0.304. The van der Waals surface area contributed by atoms with Crippen LogP contribution in [0.25, 0.3) is 6.08 Å². The van der Waals surface area contributed by atoms with E-state index in [1.807, 2.05) is 0 Å². The van der Waals surface area contributed by atoms with E-state index in [4.69, 9.17) is 0 Å². The van der Waals surface area contributed by atoms with Gasteiger partial charge in [-0.1, -0.05) is 12.1 Å². The Morgan fingerprint density at radius 1 is 1.17 bits per heavy atom. The van der Waals surface area contributed by atoms with Crippen LogP contribution in [0.3, 0.4) is 0 Å². The highest BCUT2D eigenvalue weighted by Gasteiger charge is 2.14.